The van der Waals surface area contributed by atoms with Crippen molar-refractivity contribution in [3.63, 3.8) is 0 Å². The van der Waals surface area contributed by atoms with E-state index in [4.69, 9.17) is 14.9 Å². The summed E-state index contributed by atoms with van der Waals surface area (Å²) in [5.41, 5.74) is 3.16. The van der Waals surface area contributed by atoms with Gasteiger partial charge in [0.15, 0.2) is 5.84 Å². The quantitative estimate of drug-likeness (QED) is 0.605. The molecule has 2 aromatic carbocycles. The number of morpholine rings is 1. The highest BCUT2D eigenvalue weighted by Crippen LogP contribution is 2.30. The number of hydrogen-bond donors (Lipinski definition) is 1. The van der Waals surface area contributed by atoms with Crippen molar-refractivity contribution in [1.29, 1.82) is 5.41 Å². The van der Waals surface area contributed by atoms with Crippen LogP contribution >= 0.6 is 11.8 Å². The first-order chi connectivity index (χ1) is 17.5. The maximum Gasteiger partial charge on any atom is 0.283 e. The summed E-state index contributed by atoms with van der Waals surface area (Å²) in [4.78, 5) is 31.1. The summed E-state index contributed by atoms with van der Waals surface area (Å²) in [6.07, 6.45) is 1.72. The van der Waals surface area contributed by atoms with E-state index >= 15 is 0 Å². The fourth-order valence-corrected chi connectivity index (χ4v) is 4.71. The number of benzene rings is 2. The van der Waals surface area contributed by atoms with E-state index in [0.717, 1.165) is 22.9 Å². The van der Waals surface area contributed by atoms with E-state index in [1.807, 2.05) is 55.5 Å². The molecule has 0 unspecified atom stereocenters. The molecule has 184 valence electrons. The largest absolute Gasteiger partial charge is 0.489 e. The lowest BCUT2D eigenvalue weighted by Gasteiger charge is -2.26. The molecule has 0 bridgehead atoms. The monoisotopic (exact) mass is 503 g/mol. The predicted octanol–water partition coefficient (Wildman–Crippen LogP) is 3.44. The van der Waals surface area contributed by atoms with Crippen molar-refractivity contribution in [2.75, 3.05) is 26.3 Å². The molecule has 2 amide bonds. The van der Waals surface area contributed by atoms with Crippen LogP contribution < -0.4 is 4.74 Å². The van der Waals surface area contributed by atoms with Gasteiger partial charge < -0.3 is 14.4 Å². The molecule has 0 radical (unpaired) electrons. The molecule has 3 aliphatic rings. The Hall–Kier alpha value is -3.76. The molecule has 1 fully saturated rings. The Morgan fingerprint density at radius 3 is 2.58 bits per heavy atom. The Kier molecular flexibility index (Phi) is 6.97. The molecule has 3 heterocycles. The zero-order valence-electron chi connectivity index (χ0n) is 19.8. The number of hydrazone groups is 1. The van der Waals surface area contributed by atoms with Crippen molar-refractivity contribution >= 4 is 45.7 Å². The Bertz CT molecular complexity index is 1280. The number of aryl methyl sites for hydroxylation is 1. The van der Waals surface area contributed by atoms with Gasteiger partial charge in [0.05, 0.1) is 25.2 Å². The van der Waals surface area contributed by atoms with Gasteiger partial charge in [0, 0.05) is 13.1 Å². The number of nitrogens with one attached hydrogen (secondary N) is 1. The van der Waals surface area contributed by atoms with Crippen molar-refractivity contribution in [1.82, 2.24) is 9.91 Å². The fourth-order valence-electron chi connectivity index (χ4n) is 3.84. The van der Waals surface area contributed by atoms with Crippen molar-refractivity contribution in [2.24, 2.45) is 10.1 Å². The molecule has 5 rings (SSSR count). The molecule has 0 atom stereocenters. The Labute approximate surface area is 213 Å². The third-order valence-electron chi connectivity index (χ3n) is 5.88. The van der Waals surface area contributed by atoms with E-state index in [1.54, 1.807) is 11.0 Å². The number of amidine groups is 2. The summed E-state index contributed by atoms with van der Waals surface area (Å²) >= 11 is 1.15. The van der Waals surface area contributed by atoms with E-state index in [0.29, 0.717) is 48.9 Å². The van der Waals surface area contributed by atoms with Gasteiger partial charge in [-0.2, -0.15) is 15.1 Å². The molecule has 0 spiro atoms. The van der Waals surface area contributed by atoms with Gasteiger partial charge >= 0.3 is 0 Å². The predicted molar refractivity (Wildman–Crippen MR) is 139 cm³/mol. The van der Waals surface area contributed by atoms with Crippen LogP contribution in [0.3, 0.4) is 0 Å². The summed E-state index contributed by atoms with van der Waals surface area (Å²) in [7, 11) is 0. The number of nitrogens with zero attached hydrogens (tertiary/aromatic N) is 4. The van der Waals surface area contributed by atoms with Gasteiger partial charge in [0.2, 0.25) is 11.1 Å². The number of thioether (sulfide) groups is 1. The first-order valence-electron chi connectivity index (χ1n) is 11.6. The second-order valence-corrected chi connectivity index (χ2v) is 9.57. The van der Waals surface area contributed by atoms with E-state index in [2.05, 4.69) is 10.1 Å². The molecule has 0 aliphatic carbocycles. The molecular formula is C26H25N5O4S. The minimum Gasteiger partial charge on any atom is -0.489 e. The summed E-state index contributed by atoms with van der Waals surface area (Å²) in [5.74, 6) is 0.0851. The van der Waals surface area contributed by atoms with Gasteiger partial charge in [-0.3, -0.25) is 15.0 Å². The second-order valence-electron chi connectivity index (χ2n) is 8.53. The molecule has 36 heavy (non-hydrogen) atoms. The molecule has 1 N–H and O–H groups in total. The number of carbonyl (C=O) groups excluding carboxylic acids is 2. The maximum absolute atomic E-state index is 12.7. The molecule has 3 aliphatic heterocycles. The number of rotatable bonds is 6. The Morgan fingerprint density at radius 2 is 1.86 bits per heavy atom. The zero-order chi connectivity index (χ0) is 25.1. The summed E-state index contributed by atoms with van der Waals surface area (Å²) < 4.78 is 11.1. The smallest absolute Gasteiger partial charge is 0.283 e. The third-order valence-corrected chi connectivity index (χ3v) is 6.79. The molecule has 1 saturated heterocycles. The van der Waals surface area contributed by atoms with Gasteiger partial charge in [-0.05, 0) is 48.0 Å². The molecule has 0 aromatic heterocycles. The highest BCUT2D eigenvalue weighted by molar-refractivity contribution is 8.27. The van der Waals surface area contributed by atoms with E-state index in [-0.39, 0.29) is 23.7 Å². The van der Waals surface area contributed by atoms with Crippen molar-refractivity contribution in [3.8, 4) is 5.75 Å². The van der Waals surface area contributed by atoms with E-state index in [9.17, 15) is 9.59 Å². The minimum atomic E-state index is -0.505. The van der Waals surface area contributed by atoms with E-state index in [1.165, 1.54) is 10.6 Å². The van der Waals surface area contributed by atoms with Crippen LogP contribution in [0.5, 0.6) is 5.75 Å². The normalized spacial score (nSPS) is 18.8. The highest BCUT2D eigenvalue weighted by atomic mass is 32.2. The van der Waals surface area contributed by atoms with Gasteiger partial charge in [0.1, 0.15) is 17.4 Å². The second kappa shape index (κ2) is 10.5. The van der Waals surface area contributed by atoms with Gasteiger partial charge in [-0.1, -0.05) is 42.0 Å². The van der Waals surface area contributed by atoms with Gasteiger partial charge in [0.25, 0.3) is 5.91 Å². The minimum absolute atomic E-state index is 0.0525. The summed E-state index contributed by atoms with van der Waals surface area (Å²) in [5, 5.41) is 15.1. The Morgan fingerprint density at radius 1 is 1.14 bits per heavy atom. The summed E-state index contributed by atoms with van der Waals surface area (Å²) in [6.45, 7) is 4.66. The molecule has 2 aromatic rings. The molecular weight excluding hydrogens is 478 g/mol. The van der Waals surface area contributed by atoms with Gasteiger partial charge in [-0.25, -0.2) is 0 Å². The van der Waals surface area contributed by atoms with E-state index < -0.39 is 5.91 Å². The van der Waals surface area contributed by atoms with Crippen LogP contribution in [0, 0.1) is 12.3 Å². The van der Waals surface area contributed by atoms with Crippen LogP contribution in [0.4, 0.5) is 0 Å². The number of fused-ring (bicyclic) bond motifs is 1. The lowest BCUT2D eigenvalue weighted by molar-refractivity contribution is -0.133. The third kappa shape index (κ3) is 5.39. The number of carbonyl (C=O) groups is 2. The standard InChI is InChI=1S/C26H25N5O4S/c1-17-2-4-19(5-3-17)16-35-20-8-6-18(7-9-20)14-21-24(27)31-26(28-25(21)33)36-22(29-31)15-23(32)30-10-12-34-13-11-30/h2-9,14,27H,10-13,15-16H2,1H3/b21-14-,27-24?. The van der Waals surface area contributed by atoms with Crippen LogP contribution in [0.2, 0.25) is 0 Å². The van der Waals surface area contributed by atoms with Crippen molar-refractivity contribution in [2.45, 2.75) is 20.0 Å². The number of aliphatic imine (C=N–C) groups is 1. The number of hydrogen-bond acceptors (Lipinski definition) is 7. The Balaban J connectivity index is 1.24. The lowest BCUT2D eigenvalue weighted by Crippen LogP contribution is -2.41. The SMILES string of the molecule is Cc1ccc(COc2ccc(/C=C3/C(=N)N4N=C(CC(=O)N5CCOCC5)SC4=NC3=O)cc2)cc1. The van der Waals surface area contributed by atoms with Crippen LogP contribution in [-0.4, -0.2) is 64.1 Å². The van der Waals surface area contributed by atoms with Crippen molar-refractivity contribution in [3.05, 3.63) is 70.8 Å². The van der Waals surface area contributed by atoms with Crippen molar-refractivity contribution < 1.29 is 19.1 Å². The fraction of sp³-hybridized carbons (Fsp3) is 0.269. The number of ether oxygens (including phenoxy) is 2. The molecule has 10 heteroatoms. The van der Waals surface area contributed by atoms with Crippen LogP contribution in [0.25, 0.3) is 6.08 Å². The zero-order valence-corrected chi connectivity index (χ0v) is 20.6. The first-order valence-corrected chi connectivity index (χ1v) is 12.4. The topological polar surface area (TPSA) is 108 Å². The molecule has 0 saturated carbocycles. The first kappa shape index (κ1) is 24.0. The summed E-state index contributed by atoms with van der Waals surface area (Å²) in [6, 6.07) is 15.5. The average molecular weight is 504 g/mol. The van der Waals surface area contributed by atoms with Gasteiger partial charge in [-0.15, -0.1) is 0 Å². The number of amides is 2. The molecule has 9 nitrogen and oxygen atoms in total. The van der Waals surface area contributed by atoms with Crippen LogP contribution in [0.15, 0.2) is 64.2 Å². The lowest BCUT2D eigenvalue weighted by atomic mass is 10.1. The maximum atomic E-state index is 12.7. The van der Waals surface area contributed by atoms with Crippen LogP contribution in [0.1, 0.15) is 23.1 Å². The highest BCUT2D eigenvalue weighted by Gasteiger charge is 2.36. The van der Waals surface area contributed by atoms with Crippen LogP contribution in [-0.2, 0) is 20.9 Å². The average Bonchev–Trinajstić information content (AvgIpc) is 3.29.